The first-order valence-electron chi connectivity index (χ1n) is 10.4. The van der Waals surface area contributed by atoms with E-state index in [1.807, 2.05) is 30.7 Å². The summed E-state index contributed by atoms with van der Waals surface area (Å²) in [6.45, 7) is 8.52. The van der Waals surface area contributed by atoms with Crippen LogP contribution in [0.2, 0.25) is 0 Å². The van der Waals surface area contributed by atoms with Gasteiger partial charge in [0.2, 0.25) is 0 Å². The lowest BCUT2D eigenvalue weighted by atomic mass is 10.0. The first kappa shape index (κ1) is 19.9. The lowest BCUT2D eigenvalue weighted by molar-refractivity contribution is 0.0705. The van der Waals surface area contributed by atoms with Gasteiger partial charge in [0, 0.05) is 51.0 Å². The summed E-state index contributed by atoms with van der Waals surface area (Å²) in [5.74, 6) is 2.24. The number of hydrogen-bond donors (Lipinski definition) is 0. The highest BCUT2D eigenvalue weighted by Crippen LogP contribution is 2.35. The number of morpholine rings is 1. The van der Waals surface area contributed by atoms with Crippen LogP contribution in [0.4, 0.5) is 5.82 Å². The van der Waals surface area contributed by atoms with Crippen molar-refractivity contribution in [3.05, 3.63) is 29.8 Å². The Morgan fingerprint density at radius 1 is 0.933 bits per heavy atom. The highest BCUT2D eigenvalue weighted by molar-refractivity contribution is 7.86. The predicted octanol–water partition coefficient (Wildman–Crippen LogP) is 0.224. The summed E-state index contributed by atoms with van der Waals surface area (Å²) in [5.41, 5.74) is 1.98. The molecule has 2 atom stereocenters. The molecule has 162 valence electrons. The standard InChI is InChI=1S/C19H27N7O3S/c1-14-7-15(2)26(22-14)19-8-18(20-13-21-19)23-9-16-11-25(12-17(16)10-23)30(27,28)24-3-5-29-6-4-24/h7-8,13,16-17H,3-6,9-12H2,1-2H3. The Kier molecular flexibility index (Phi) is 5.00. The Hall–Kier alpha value is -2.08. The van der Waals surface area contributed by atoms with Crippen molar-refractivity contribution in [3.63, 3.8) is 0 Å². The highest BCUT2D eigenvalue weighted by atomic mass is 32.2. The molecule has 0 aliphatic carbocycles. The fraction of sp³-hybridized carbons (Fsp3) is 0.632. The molecule has 5 heterocycles. The Bertz CT molecular complexity index is 1020. The van der Waals surface area contributed by atoms with Gasteiger partial charge in [0.15, 0.2) is 5.82 Å². The van der Waals surface area contributed by atoms with Crippen LogP contribution in [0.25, 0.3) is 5.82 Å². The van der Waals surface area contributed by atoms with Crippen molar-refractivity contribution in [2.24, 2.45) is 11.8 Å². The molecule has 10 nitrogen and oxygen atoms in total. The smallest absolute Gasteiger partial charge is 0.282 e. The van der Waals surface area contributed by atoms with Crippen molar-refractivity contribution in [1.82, 2.24) is 28.4 Å². The maximum absolute atomic E-state index is 13.0. The number of hydrogen-bond acceptors (Lipinski definition) is 7. The molecule has 0 saturated carbocycles. The molecule has 2 aromatic rings. The minimum Gasteiger partial charge on any atom is -0.379 e. The van der Waals surface area contributed by atoms with Gasteiger partial charge in [-0.25, -0.2) is 14.6 Å². The van der Waals surface area contributed by atoms with E-state index in [0.717, 1.165) is 36.1 Å². The molecular weight excluding hydrogens is 406 g/mol. The highest BCUT2D eigenvalue weighted by Gasteiger charge is 2.46. The summed E-state index contributed by atoms with van der Waals surface area (Å²) in [7, 11) is -3.40. The summed E-state index contributed by atoms with van der Waals surface area (Å²) in [5, 5.41) is 4.51. The Morgan fingerprint density at radius 2 is 1.60 bits per heavy atom. The molecule has 3 aliphatic rings. The average molecular weight is 434 g/mol. The van der Waals surface area contributed by atoms with Crippen molar-refractivity contribution >= 4 is 16.0 Å². The van der Waals surface area contributed by atoms with Crippen molar-refractivity contribution < 1.29 is 13.2 Å². The lowest BCUT2D eigenvalue weighted by Crippen LogP contribution is -2.48. The van der Waals surface area contributed by atoms with E-state index >= 15 is 0 Å². The van der Waals surface area contributed by atoms with Gasteiger partial charge >= 0.3 is 0 Å². The minimum atomic E-state index is -3.40. The van der Waals surface area contributed by atoms with E-state index in [0.29, 0.717) is 51.2 Å². The quantitative estimate of drug-likeness (QED) is 0.681. The van der Waals surface area contributed by atoms with Crippen LogP contribution in [0.5, 0.6) is 0 Å². The fourth-order valence-corrected chi connectivity index (χ4v) is 6.45. The largest absolute Gasteiger partial charge is 0.379 e. The Labute approximate surface area is 176 Å². The summed E-state index contributed by atoms with van der Waals surface area (Å²) in [6.07, 6.45) is 1.57. The molecule has 0 amide bonds. The van der Waals surface area contributed by atoms with E-state index in [9.17, 15) is 8.42 Å². The van der Waals surface area contributed by atoms with Gasteiger partial charge in [-0.05, 0) is 31.7 Å². The molecule has 11 heteroatoms. The van der Waals surface area contributed by atoms with Crippen LogP contribution in [-0.2, 0) is 14.9 Å². The molecule has 0 aromatic carbocycles. The van der Waals surface area contributed by atoms with Gasteiger partial charge in [0.05, 0.1) is 18.9 Å². The number of rotatable bonds is 4. The van der Waals surface area contributed by atoms with E-state index in [4.69, 9.17) is 4.74 Å². The van der Waals surface area contributed by atoms with Crippen molar-refractivity contribution in [2.45, 2.75) is 13.8 Å². The molecule has 5 rings (SSSR count). The third kappa shape index (κ3) is 3.49. The van der Waals surface area contributed by atoms with Gasteiger partial charge in [0.25, 0.3) is 10.2 Å². The zero-order chi connectivity index (χ0) is 20.9. The molecule has 0 radical (unpaired) electrons. The monoisotopic (exact) mass is 433 g/mol. The molecular formula is C19H27N7O3S. The second-order valence-electron chi connectivity index (χ2n) is 8.33. The third-order valence-electron chi connectivity index (χ3n) is 6.26. The number of aryl methyl sites for hydroxylation is 2. The van der Waals surface area contributed by atoms with Crippen LogP contribution in [0.1, 0.15) is 11.4 Å². The van der Waals surface area contributed by atoms with Gasteiger partial charge in [-0.2, -0.15) is 22.1 Å². The second kappa shape index (κ2) is 7.56. The molecule has 0 spiro atoms. The predicted molar refractivity (Wildman–Crippen MR) is 111 cm³/mol. The van der Waals surface area contributed by atoms with Gasteiger partial charge in [-0.1, -0.05) is 0 Å². The van der Waals surface area contributed by atoms with Gasteiger partial charge in [-0.3, -0.25) is 0 Å². The SMILES string of the molecule is Cc1cc(C)n(-c2cc(N3CC4CN(S(=O)(=O)N5CCOCC5)CC4C3)ncn2)n1. The average Bonchev–Trinajstić information content (AvgIpc) is 3.41. The van der Waals surface area contributed by atoms with E-state index in [1.165, 1.54) is 0 Å². The van der Waals surface area contributed by atoms with Crippen molar-refractivity contribution in [1.29, 1.82) is 0 Å². The molecule has 2 unspecified atom stereocenters. The van der Waals surface area contributed by atoms with E-state index in [-0.39, 0.29) is 0 Å². The molecule has 30 heavy (non-hydrogen) atoms. The van der Waals surface area contributed by atoms with E-state index < -0.39 is 10.2 Å². The van der Waals surface area contributed by atoms with E-state index in [1.54, 1.807) is 14.9 Å². The van der Waals surface area contributed by atoms with Crippen LogP contribution in [-0.4, -0.2) is 89.3 Å². The molecule has 0 N–H and O–H groups in total. The number of fused-ring (bicyclic) bond motifs is 1. The molecule has 3 saturated heterocycles. The maximum atomic E-state index is 13.0. The summed E-state index contributed by atoms with van der Waals surface area (Å²) >= 11 is 0. The van der Waals surface area contributed by atoms with Crippen LogP contribution in [0.3, 0.4) is 0 Å². The fourth-order valence-electron chi connectivity index (χ4n) is 4.75. The van der Waals surface area contributed by atoms with Crippen LogP contribution in [0, 0.1) is 25.7 Å². The van der Waals surface area contributed by atoms with Gasteiger partial charge in [0.1, 0.15) is 12.1 Å². The first-order valence-corrected chi connectivity index (χ1v) is 11.7. The Balaban J connectivity index is 1.28. The normalized spacial score (nSPS) is 25.7. The molecule has 3 aliphatic heterocycles. The molecule has 3 fully saturated rings. The van der Waals surface area contributed by atoms with Gasteiger partial charge < -0.3 is 9.64 Å². The second-order valence-corrected chi connectivity index (χ2v) is 10.3. The number of anilines is 1. The number of aromatic nitrogens is 4. The van der Waals surface area contributed by atoms with Crippen molar-refractivity contribution in [2.75, 3.05) is 57.4 Å². The van der Waals surface area contributed by atoms with E-state index in [2.05, 4.69) is 20.0 Å². The van der Waals surface area contributed by atoms with Crippen LogP contribution >= 0.6 is 0 Å². The van der Waals surface area contributed by atoms with Gasteiger partial charge in [-0.15, -0.1) is 0 Å². The van der Waals surface area contributed by atoms with Crippen molar-refractivity contribution in [3.8, 4) is 5.82 Å². The zero-order valence-corrected chi connectivity index (χ0v) is 18.1. The summed E-state index contributed by atoms with van der Waals surface area (Å²) in [6, 6.07) is 3.98. The summed E-state index contributed by atoms with van der Waals surface area (Å²) in [4.78, 5) is 11.1. The number of ether oxygens (including phenoxy) is 1. The van der Waals surface area contributed by atoms with Crippen LogP contribution < -0.4 is 4.90 Å². The van der Waals surface area contributed by atoms with Crippen LogP contribution in [0.15, 0.2) is 18.5 Å². The topological polar surface area (TPSA) is 96.7 Å². The summed E-state index contributed by atoms with van der Waals surface area (Å²) < 4.78 is 36.3. The lowest BCUT2D eigenvalue weighted by Gasteiger charge is -2.31. The first-order chi connectivity index (χ1) is 14.4. The Morgan fingerprint density at radius 3 is 2.23 bits per heavy atom. The minimum absolute atomic E-state index is 0.313. The molecule has 0 bridgehead atoms. The maximum Gasteiger partial charge on any atom is 0.282 e. The number of nitrogens with zero attached hydrogens (tertiary/aromatic N) is 7. The third-order valence-corrected chi connectivity index (χ3v) is 8.23. The zero-order valence-electron chi connectivity index (χ0n) is 17.3. The molecule has 2 aromatic heterocycles.